The first kappa shape index (κ1) is 23.6. The monoisotopic (exact) mass is 564 g/mol. The number of thiophene rings is 6. The summed E-state index contributed by atoms with van der Waals surface area (Å²) in [5.41, 5.74) is 4.13. The Kier molecular flexibility index (Phi) is 6.24. The maximum absolute atomic E-state index is 2.45. The van der Waals surface area contributed by atoms with Gasteiger partial charge in [0.15, 0.2) is 0 Å². The van der Waals surface area contributed by atoms with Crippen molar-refractivity contribution in [3.05, 3.63) is 80.4 Å². The third-order valence-corrected chi connectivity index (χ3v) is 13.4. The quantitative estimate of drug-likeness (QED) is 0.195. The van der Waals surface area contributed by atoms with Gasteiger partial charge in [0.2, 0.25) is 0 Å². The van der Waals surface area contributed by atoms with E-state index in [9.17, 15) is 0 Å². The van der Waals surface area contributed by atoms with E-state index in [2.05, 4.69) is 89.2 Å². The Balaban J connectivity index is 1.52. The molecular formula is C29H24S6. The fourth-order valence-corrected chi connectivity index (χ4v) is 10.9. The molecule has 0 spiro atoms. The lowest BCUT2D eigenvalue weighted by Crippen LogP contribution is -1.77. The van der Waals surface area contributed by atoms with E-state index in [4.69, 9.17) is 0 Å². The fraction of sp³-hybridized carbons (Fsp3) is 0.172. The molecular weight excluding hydrogens is 541 g/mol. The zero-order valence-electron chi connectivity index (χ0n) is 20.1. The minimum atomic E-state index is 1.36. The second kappa shape index (κ2) is 9.25. The average molecular weight is 565 g/mol. The van der Waals surface area contributed by atoms with Crippen molar-refractivity contribution in [3.63, 3.8) is 0 Å². The van der Waals surface area contributed by atoms with Crippen LogP contribution >= 0.6 is 68.0 Å². The molecule has 0 saturated carbocycles. The molecule has 176 valence electrons. The summed E-state index contributed by atoms with van der Waals surface area (Å²) in [5.74, 6) is 0. The molecule has 0 nitrogen and oxygen atoms in total. The molecule has 0 unspecified atom stereocenters. The third-order valence-electron chi connectivity index (χ3n) is 5.97. The van der Waals surface area contributed by atoms with Crippen LogP contribution in [0.1, 0.15) is 25.8 Å². The van der Waals surface area contributed by atoms with Gasteiger partial charge in [0, 0.05) is 59.2 Å². The van der Waals surface area contributed by atoms with Gasteiger partial charge in [0.25, 0.3) is 0 Å². The predicted octanol–water partition coefficient (Wildman–Crippen LogP) is 11.9. The van der Waals surface area contributed by atoms with Gasteiger partial charge in [0.1, 0.15) is 0 Å². The van der Waals surface area contributed by atoms with Crippen molar-refractivity contribution in [2.75, 3.05) is 0 Å². The van der Waals surface area contributed by atoms with Crippen LogP contribution in [0.3, 0.4) is 0 Å². The van der Waals surface area contributed by atoms with Crippen LogP contribution in [0.25, 0.3) is 49.5 Å². The van der Waals surface area contributed by atoms with Crippen molar-refractivity contribution in [2.24, 2.45) is 0 Å². The Morgan fingerprint density at radius 1 is 0.371 bits per heavy atom. The fourth-order valence-electron chi connectivity index (χ4n) is 4.25. The van der Waals surface area contributed by atoms with Crippen molar-refractivity contribution in [2.45, 2.75) is 34.6 Å². The standard InChI is InChI=1S/C29H24S6/c1-15-12-24(21-9-6-17(3)30-21)33-27(15)20-14-26(23-11-8-19(5)32-23)35-29(20)28-16(2)13-25(34-28)22-10-7-18(4)31-22/h6-14H,1-5H3. The molecule has 6 heterocycles. The summed E-state index contributed by atoms with van der Waals surface area (Å²) in [6.45, 7) is 11.1. The van der Waals surface area contributed by atoms with Crippen molar-refractivity contribution in [3.8, 4) is 49.5 Å². The summed E-state index contributed by atoms with van der Waals surface area (Å²) in [6, 6.07) is 20.7. The summed E-state index contributed by atoms with van der Waals surface area (Å²) < 4.78 is 0. The summed E-state index contributed by atoms with van der Waals surface area (Å²) >= 11 is 11.5. The van der Waals surface area contributed by atoms with Gasteiger partial charge < -0.3 is 0 Å². The van der Waals surface area contributed by atoms with Gasteiger partial charge in [-0.15, -0.1) is 68.0 Å². The molecule has 6 aromatic rings. The molecule has 6 aromatic heterocycles. The van der Waals surface area contributed by atoms with Gasteiger partial charge in [-0.25, -0.2) is 0 Å². The molecule has 35 heavy (non-hydrogen) atoms. The van der Waals surface area contributed by atoms with Gasteiger partial charge in [-0.1, -0.05) is 0 Å². The first-order valence-electron chi connectivity index (χ1n) is 11.4. The minimum Gasteiger partial charge on any atom is -0.140 e. The molecule has 0 atom stereocenters. The van der Waals surface area contributed by atoms with Crippen LogP contribution in [0.4, 0.5) is 0 Å². The molecule has 0 aliphatic rings. The molecule has 0 fully saturated rings. The summed E-state index contributed by atoms with van der Waals surface area (Å²) in [5, 5.41) is 0. The highest BCUT2D eigenvalue weighted by Gasteiger charge is 2.22. The molecule has 0 radical (unpaired) electrons. The van der Waals surface area contributed by atoms with Crippen LogP contribution in [0.2, 0.25) is 0 Å². The largest absolute Gasteiger partial charge is 0.140 e. The summed E-state index contributed by atoms with van der Waals surface area (Å²) in [4.78, 5) is 16.5. The minimum absolute atomic E-state index is 1.36. The molecule has 6 heteroatoms. The van der Waals surface area contributed by atoms with Gasteiger partial charge in [-0.2, -0.15) is 0 Å². The van der Waals surface area contributed by atoms with Crippen LogP contribution in [0.15, 0.2) is 54.6 Å². The topological polar surface area (TPSA) is 0 Å². The molecule has 0 saturated heterocycles. The van der Waals surface area contributed by atoms with Crippen LogP contribution in [0.5, 0.6) is 0 Å². The van der Waals surface area contributed by atoms with E-state index in [0.29, 0.717) is 0 Å². The smallest absolute Gasteiger partial charge is 0.0539 e. The molecule has 6 rings (SSSR count). The van der Waals surface area contributed by atoms with Crippen molar-refractivity contribution in [1.29, 1.82) is 0 Å². The zero-order valence-corrected chi connectivity index (χ0v) is 25.0. The van der Waals surface area contributed by atoms with E-state index in [1.165, 1.54) is 75.2 Å². The van der Waals surface area contributed by atoms with Crippen molar-refractivity contribution >= 4 is 68.0 Å². The lowest BCUT2D eigenvalue weighted by molar-refractivity contribution is 1.54. The number of rotatable bonds is 5. The Morgan fingerprint density at radius 3 is 1.23 bits per heavy atom. The Hall–Kier alpha value is -1.80. The number of hydrogen-bond donors (Lipinski definition) is 0. The van der Waals surface area contributed by atoms with Gasteiger partial charge in [0.05, 0.1) is 4.88 Å². The molecule has 0 aromatic carbocycles. The van der Waals surface area contributed by atoms with E-state index in [1.54, 1.807) is 0 Å². The van der Waals surface area contributed by atoms with E-state index in [0.717, 1.165) is 0 Å². The third kappa shape index (κ3) is 4.45. The lowest BCUT2D eigenvalue weighted by Gasteiger charge is -2.02. The second-order valence-electron chi connectivity index (χ2n) is 8.83. The maximum Gasteiger partial charge on any atom is 0.0539 e. The summed E-state index contributed by atoms with van der Waals surface area (Å²) in [6.07, 6.45) is 0. The van der Waals surface area contributed by atoms with Crippen molar-refractivity contribution in [1.82, 2.24) is 0 Å². The second-order valence-corrected chi connectivity index (χ2v) is 15.9. The molecule has 0 aliphatic carbocycles. The van der Waals surface area contributed by atoms with Gasteiger partial charge >= 0.3 is 0 Å². The SMILES string of the molecule is Cc1ccc(-c2cc(C)c(-c3cc(-c4ccc(C)s4)sc3-c3sc(-c4ccc(C)s4)cc3C)s2)s1. The maximum atomic E-state index is 2.45. The van der Waals surface area contributed by atoms with Gasteiger partial charge in [-0.05, 0) is 100 Å². The first-order valence-corrected chi connectivity index (χ1v) is 16.3. The Morgan fingerprint density at radius 2 is 0.771 bits per heavy atom. The van der Waals surface area contributed by atoms with E-state index in [-0.39, 0.29) is 0 Å². The van der Waals surface area contributed by atoms with E-state index >= 15 is 0 Å². The summed E-state index contributed by atoms with van der Waals surface area (Å²) in [7, 11) is 0. The van der Waals surface area contributed by atoms with Crippen LogP contribution in [0, 0.1) is 34.6 Å². The Labute approximate surface area is 230 Å². The predicted molar refractivity (Wildman–Crippen MR) is 165 cm³/mol. The normalized spacial score (nSPS) is 11.6. The van der Waals surface area contributed by atoms with Crippen LogP contribution in [-0.4, -0.2) is 0 Å². The number of hydrogen-bond acceptors (Lipinski definition) is 6. The zero-order chi connectivity index (χ0) is 24.3. The van der Waals surface area contributed by atoms with E-state index in [1.807, 2.05) is 68.0 Å². The first-order chi connectivity index (χ1) is 16.9. The molecule has 0 amide bonds. The van der Waals surface area contributed by atoms with E-state index < -0.39 is 0 Å². The van der Waals surface area contributed by atoms with Crippen molar-refractivity contribution < 1.29 is 0 Å². The highest BCUT2D eigenvalue weighted by molar-refractivity contribution is 7.29. The average Bonchev–Trinajstić information content (AvgIpc) is 3.62. The van der Waals surface area contributed by atoms with Crippen LogP contribution in [-0.2, 0) is 0 Å². The van der Waals surface area contributed by atoms with Crippen LogP contribution < -0.4 is 0 Å². The molecule has 0 aliphatic heterocycles. The lowest BCUT2D eigenvalue weighted by atomic mass is 10.1. The Bertz CT molecular complexity index is 1550. The molecule has 0 N–H and O–H groups in total. The number of aryl methyl sites for hydroxylation is 5. The molecule has 0 bridgehead atoms. The highest BCUT2D eigenvalue weighted by atomic mass is 32.1. The highest BCUT2D eigenvalue weighted by Crippen LogP contribution is 2.52. The van der Waals surface area contributed by atoms with Gasteiger partial charge in [-0.3, -0.25) is 0 Å².